The number of pyridine rings is 1. The number of benzene rings is 2. The van der Waals surface area contributed by atoms with Gasteiger partial charge in [0.25, 0.3) is 0 Å². The molecule has 0 amide bonds. The number of likely N-dealkylation sites (N-methyl/N-ethyl adjacent to an activating group) is 1. The van der Waals surface area contributed by atoms with Crippen LogP contribution in [0.2, 0.25) is 5.02 Å². The molecular weight excluding hydrogens is 530 g/mol. The Morgan fingerprint density at radius 1 is 1.05 bits per heavy atom. The van der Waals surface area contributed by atoms with Crippen molar-refractivity contribution in [3.05, 3.63) is 81.9 Å². The van der Waals surface area contributed by atoms with Crippen molar-refractivity contribution in [1.29, 1.82) is 0 Å². The number of hydrogen-bond acceptors (Lipinski definition) is 4. The average Bonchev–Trinajstić information content (AvgIpc) is 3.24. The molecular formula is C29H32ClF4N5. The van der Waals surface area contributed by atoms with Crippen molar-refractivity contribution in [3.8, 4) is 5.69 Å². The maximum Gasteiger partial charge on any atom is 0.417 e. The number of piperazine rings is 1. The molecule has 4 aromatic rings. The van der Waals surface area contributed by atoms with E-state index in [1.54, 1.807) is 13.1 Å². The molecule has 5 rings (SSSR count). The predicted octanol–water partition coefficient (Wildman–Crippen LogP) is 7.24. The first kappa shape index (κ1) is 28.8. The van der Waals surface area contributed by atoms with E-state index < -0.39 is 22.6 Å². The summed E-state index contributed by atoms with van der Waals surface area (Å²) in [6.07, 6.45) is -2.33. The average molecular weight is 562 g/mol. The lowest BCUT2D eigenvalue weighted by atomic mass is 10.0. The Kier molecular flexibility index (Phi) is 8.51. The standard InChI is InChI=1S/C27H26ClF4N5.C2H6/c1-16-25(28)21(27(30,31)32)13-22(26(16)29)37-23-14-33-24(12-20(23)17(2)34-37)36-10-9-35(3)15-19(36)11-18-7-5-4-6-8-18;1-2/h4-8,12-14,19H,9-11,15H2,1-3H3;1-2H3. The molecule has 2 aromatic heterocycles. The van der Waals surface area contributed by atoms with Crippen molar-refractivity contribution in [1.82, 2.24) is 19.7 Å². The van der Waals surface area contributed by atoms with E-state index in [9.17, 15) is 13.2 Å². The summed E-state index contributed by atoms with van der Waals surface area (Å²) in [4.78, 5) is 9.21. The topological polar surface area (TPSA) is 37.2 Å². The van der Waals surface area contributed by atoms with Crippen LogP contribution in [-0.2, 0) is 12.6 Å². The van der Waals surface area contributed by atoms with Crippen molar-refractivity contribution in [3.63, 3.8) is 0 Å². The molecule has 1 saturated heterocycles. The smallest absolute Gasteiger partial charge is 0.351 e. The van der Waals surface area contributed by atoms with Gasteiger partial charge in [0.2, 0.25) is 0 Å². The van der Waals surface area contributed by atoms with Gasteiger partial charge in [-0.3, -0.25) is 0 Å². The monoisotopic (exact) mass is 561 g/mol. The maximum atomic E-state index is 15.2. The van der Waals surface area contributed by atoms with Gasteiger partial charge in [-0.15, -0.1) is 0 Å². The van der Waals surface area contributed by atoms with E-state index in [1.165, 1.54) is 17.2 Å². The van der Waals surface area contributed by atoms with Gasteiger partial charge in [-0.2, -0.15) is 18.3 Å². The molecule has 0 spiro atoms. The first-order valence-electron chi connectivity index (χ1n) is 12.9. The van der Waals surface area contributed by atoms with Crippen LogP contribution < -0.4 is 4.90 Å². The molecule has 1 unspecified atom stereocenters. The molecule has 0 radical (unpaired) electrons. The minimum absolute atomic E-state index is 0.187. The number of anilines is 1. The highest BCUT2D eigenvalue weighted by Crippen LogP contribution is 2.40. The van der Waals surface area contributed by atoms with Crippen molar-refractivity contribution < 1.29 is 17.6 Å². The van der Waals surface area contributed by atoms with Gasteiger partial charge < -0.3 is 9.80 Å². The summed E-state index contributed by atoms with van der Waals surface area (Å²) in [7, 11) is 2.10. The van der Waals surface area contributed by atoms with Gasteiger partial charge in [0.05, 0.1) is 28.0 Å². The molecule has 0 N–H and O–H groups in total. The molecule has 3 heterocycles. The molecule has 1 atom stereocenters. The van der Waals surface area contributed by atoms with Crippen LogP contribution in [0.4, 0.5) is 23.4 Å². The first-order valence-corrected chi connectivity index (χ1v) is 13.3. The number of halogens is 5. The third kappa shape index (κ3) is 5.75. The fraction of sp³-hybridized carbons (Fsp3) is 0.379. The number of alkyl halides is 3. The van der Waals surface area contributed by atoms with Gasteiger partial charge in [0, 0.05) is 36.6 Å². The number of nitrogens with zero attached hydrogens (tertiary/aromatic N) is 5. The highest BCUT2D eigenvalue weighted by atomic mass is 35.5. The number of rotatable bonds is 4. The summed E-state index contributed by atoms with van der Waals surface area (Å²) < 4.78 is 57.1. The van der Waals surface area contributed by atoms with Crippen LogP contribution >= 0.6 is 11.6 Å². The summed E-state index contributed by atoms with van der Waals surface area (Å²) in [5.41, 5.74) is 0.515. The van der Waals surface area contributed by atoms with Crippen LogP contribution in [0.1, 0.15) is 36.2 Å². The Labute approximate surface area is 231 Å². The minimum atomic E-state index is -4.73. The zero-order valence-corrected chi connectivity index (χ0v) is 23.4. The first-order chi connectivity index (χ1) is 18.5. The quantitative estimate of drug-likeness (QED) is 0.246. The van der Waals surface area contributed by atoms with Crippen LogP contribution in [0.15, 0.2) is 48.7 Å². The third-order valence-corrected chi connectivity index (χ3v) is 7.45. The molecule has 2 aromatic carbocycles. The largest absolute Gasteiger partial charge is 0.417 e. The minimum Gasteiger partial charge on any atom is -0.351 e. The Morgan fingerprint density at radius 3 is 2.41 bits per heavy atom. The molecule has 1 fully saturated rings. The lowest BCUT2D eigenvalue weighted by Gasteiger charge is -2.41. The molecule has 208 valence electrons. The molecule has 0 aliphatic carbocycles. The van der Waals surface area contributed by atoms with Gasteiger partial charge in [-0.25, -0.2) is 14.1 Å². The second-order valence-electron chi connectivity index (χ2n) is 9.55. The van der Waals surface area contributed by atoms with Crippen LogP contribution in [0, 0.1) is 19.7 Å². The van der Waals surface area contributed by atoms with Gasteiger partial charge in [-0.05, 0) is 45.0 Å². The molecule has 10 heteroatoms. The molecule has 5 nitrogen and oxygen atoms in total. The summed E-state index contributed by atoms with van der Waals surface area (Å²) in [5.74, 6) is -0.0959. The number of aromatic nitrogens is 3. The Hall–Kier alpha value is -3.17. The Bertz CT molecular complexity index is 1450. The van der Waals surface area contributed by atoms with E-state index in [0.29, 0.717) is 22.7 Å². The van der Waals surface area contributed by atoms with Crippen molar-refractivity contribution >= 4 is 28.3 Å². The van der Waals surface area contributed by atoms with Gasteiger partial charge in [-0.1, -0.05) is 55.8 Å². The number of aryl methyl sites for hydroxylation is 1. The van der Waals surface area contributed by atoms with Crippen molar-refractivity contribution in [2.45, 2.75) is 46.3 Å². The van der Waals surface area contributed by atoms with Crippen LogP contribution in [0.3, 0.4) is 0 Å². The molecule has 1 aliphatic rings. The van der Waals surface area contributed by atoms with Crippen molar-refractivity contribution in [2.24, 2.45) is 0 Å². The van der Waals surface area contributed by atoms with Crippen LogP contribution in [0.5, 0.6) is 0 Å². The molecule has 39 heavy (non-hydrogen) atoms. The fourth-order valence-electron chi connectivity index (χ4n) is 4.98. The Morgan fingerprint density at radius 2 is 1.74 bits per heavy atom. The van der Waals surface area contributed by atoms with E-state index >= 15 is 4.39 Å². The van der Waals surface area contributed by atoms with E-state index in [-0.39, 0.29) is 17.3 Å². The fourth-order valence-corrected chi connectivity index (χ4v) is 5.23. The highest BCUT2D eigenvalue weighted by Gasteiger charge is 2.36. The number of hydrogen-bond donors (Lipinski definition) is 0. The number of fused-ring (bicyclic) bond motifs is 1. The van der Waals surface area contributed by atoms with Gasteiger partial charge in [0.1, 0.15) is 11.5 Å². The van der Waals surface area contributed by atoms with Gasteiger partial charge >= 0.3 is 6.18 Å². The van der Waals surface area contributed by atoms with E-state index in [4.69, 9.17) is 11.6 Å². The van der Waals surface area contributed by atoms with E-state index in [0.717, 1.165) is 31.9 Å². The van der Waals surface area contributed by atoms with Crippen molar-refractivity contribution in [2.75, 3.05) is 31.6 Å². The maximum absolute atomic E-state index is 15.2. The van der Waals surface area contributed by atoms with Crippen LogP contribution in [0.25, 0.3) is 16.6 Å². The summed E-state index contributed by atoms with van der Waals surface area (Å²) in [5, 5.41) is 4.45. The summed E-state index contributed by atoms with van der Waals surface area (Å²) >= 11 is 5.84. The molecule has 0 bridgehead atoms. The van der Waals surface area contributed by atoms with E-state index in [2.05, 4.69) is 39.1 Å². The third-order valence-electron chi connectivity index (χ3n) is 6.97. The van der Waals surface area contributed by atoms with Crippen LogP contribution in [-0.4, -0.2) is 52.4 Å². The van der Waals surface area contributed by atoms with E-state index in [1.807, 2.05) is 38.1 Å². The lowest BCUT2D eigenvalue weighted by Crippen LogP contribution is -2.53. The zero-order chi connectivity index (χ0) is 28.5. The zero-order valence-electron chi connectivity index (χ0n) is 22.7. The second-order valence-corrected chi connectivity index (χ2v) is 9.93. The van der Waals surface area contributed by atoms with Gasteiger partial charge in [0.15, 0.2) is 5.82 Å². The second kappa shape index (κ2) is 11.5. The molecule has 0 saturated carbocycles. The lowest BCUT2D eigenvalue weighted by molar-refractivity contribution is -0.137. The summed E-state index contributed by atoms with van der Waals surface area (Å²) in [6.45, 7) is 9.49. The summed E-state index contributed by atoms with van der Waals surface area (Å²) in [6, 6.07) is 13.0. The Balaban J connectivity index is 0.00000172. The highest BCUT2D eigenvalue weighted by molar-refractivity contribution is 6.32. The SMILES string of the molecule is CC.Cc1c(F)c(-n2nc(C)c3cc(N4CCN(C)CC4Cc4ccccc4)ncc32)cc(C(F)(F)F)c1Cl. The predicted molar refractivity (Wildman–Crippen MR) is 148 cm³/mol. The molecule has 1 aliphatic heterocycles. The normalized spacial score (nSPS) is 16.4.